The molecule has 2 heterocycles. The Hall–Kier alpha value is -2.66. The van der Waals surface area contributed by atoms with Gasteiger partial charge in [-0.3, -0.25) is 9.59 Å². The van der Waals surface area contributed by atoms with Crippen LogP contribution in [0.4, 0.5) is 11.4 Å². The second-order valence-electron chi connectivity index (χ2n) is 7.74. The number of nitrogens with zero attached hydrogens (tertiary/aromatic N) is 2. The molecule has 5 nitrogen and oxygen atoms in total. The van der Waals surface area contributed by atoms with E-state index in [0.29, 0.717) is 35.5 Å². The number of anilines is 2. The molecule has 0 spiro atoms. The topological polar surface area (TPSA) is 49.9 Å². The van der Waals surface area contributed by atoms with E-state index in [-0.39, 0.29) is 11.6 Å². The largest absolute Gasteiger partial charge is 0.378 e. The highest BCUT2D eigenvalue weighted by Gasteiger charge is 2.34. The first-order chi connectivity index (χ1) is 13.7. The Labute approximate surface area is 164 Å². The van der Waals surface area contributed by atoms with Crippen LogP contribution in [0.1, 0.15) is 51.1 Å². The van der Waals surface area contributed by atoms with Gasteiger partial charge in [0.1, 0.15) is 0 Å². The van der Waals surface area contributed by atoms with Gasteiger partial charge in [0, 0.05) is 48.6 Å². The predicted molar refractivity (Wildman–Crippen MR) is 109 cm³/mol. The number of carbonyl (C=O) groups is 2. The normalized spacial score (nSPS) is 19.4. The molecule has 2 saturated heterocycles. The van der Waals surface area contributed by atoms with Crippen molar-refractivity contribution in [2.45, 2.75) is 19.3 Å². The van der Waals surface area contributed by atoms with Crippen molar-refractivity contribution in [2.24, 2.45) is 0 Å². The van der Waals surface area contributed by atoms with Gasteiger partial charge < -0.3 is 14.5 Å². The van der Waals surface area contributed by atoms with Gasteiger partial charge >= 0.3 is 0 Å². The summed E-state index contributed by atoms with van der Waals surface area (Å²) in [5.41, 5.74) is 4.12. The maximum Gasteiger partial charge on any atom is 0.196 e. The van der Waals surface area contributed by atoms with Crippen LogP contribution in [0.2, 0.25) is 0 Å². The Morgan fingerprint density at radius 3 is 2.11 bits per heavy atom. The molecule has 2 aliphatic heterocycles. The van der Waals surface area contributed by atoms with Crippen LogP contribution in [0.3, 0.4) is 0 Å². The highest BCUT2D eigenvalue weighted by atomic mass is 16.5. The van der Waals surface area contributed by atoms with Gasteiger partial charge in [-0.1, -0.05) is 24.3 Å². The van der Waals surface area contributed by atoms with Gasteiger partial charge in [0.05, 0.1) is 24.5 Å². The predicted octanol–water partition coefficient (Wildman–Crippen LogP) is 3.29. The van der Waals surface area contributed by atoms with Crippen LogP contribution in [0.25, 0.3) is 0 Å². The van der Waals surface area contributed by atoms with E-state index in [2.05, 4.69) is 15.9 Å². The number of fused-ring (bicyclic) bond motifs is 2. The van der Waals surface area contributed by atoms with Gasteiger partial charge in [0.25, 0.3) is 0 Å². The number of hydrogen-bond donors (Lipinski definition) is 0. The Bertz CT molecular complexity index is 941. The molecular formula is C23H24N2O3. The fourth-order valence-corrected chi connectivity index (χ4v) is 4.58. The molecule has 3 aliphatic rings. The van der Waals surface area contributed by atoms with Crippen molar-refractivity contribution >= 4 is 22.9 Å². The molecule has 0 saturated carbocycles. The Morgan fingerprint density at radius 1 is 0.714 bits per heavy atom. The summed E-state index contributed by atoms with van der Waals surface area (Å²) in [6.45, 7) is 4.84. The van der Waals surface area contributed by atoms with E-state index < -0.39 is 0 Å². The van der Waals surface area contributed by atoms with Crippen molar-refractivity contribution in [1.29, 1.82) is 0 Å². The standard InChI is InChI=1S/C23H24N2O3/c26-22-17-6-2-3-7-18(17)23(27)21-19(22)14-16(24-10-12-28-13-11-24)15-20(21)25-8-4-1-5-9-25/h2-3,6-7,14-15H,1,4-5,8-13H2. The summed E-state index contributed by atoms with van der Waals surface area (Å²) < 4.78 is 5.49. The van der Waals surface area contributed by atoms with Crippen LogP contribution < -0.4 is 9.80 Å². The van der Waals surface area contributed by atoms with Crippen LogP contribution in [-0.2, 0) is 4.74 Å². The molecule has 5 heteroatoms. The molecular weight excluding hydrogens is 352 g/mol. The number of hydrogen-bond acceptors (Lipinski definition) is 5. The fraction of sp³-hybridized carbons (Fsp3) is 0.391. The van der Waals surface area contributed by atoms with Crippen LogP contribution in [0.5, 0.6) is 0 Å². The number of piperidine rings is 1. The first-order valence-corrected chi connectivity index (χ1v) is 10.2. The average Bonchev–Trinajstić information content (AvgIpc) is 2.78. The molecule has 2 aromatic carbocycles. The minimum Gasteiger partial charge on any atom is -0.378 e. The summed E-state index contributed by atoms with van der Waals surface area (Å²) in [5, 5.41) is 0. The van der Waals surface area contributed by atoms with Crippen molar-refractivity contribution < 1.29 is 14.3 Å². The molecule has 0 amide bonds. The third-order valence-corrected chi connectivity index (χ3v) is 6.06. The lowest BCUT2D eigenvalue weighted by Gasteiger charge is -2.35. The highest BCUT2D eigenvalue weighted by Crippen LogP contribution is 2.38. The minimum absolute atomic E-state index is 0.0284. The summed E-state index contributed by atoms with van der Waals surface area (Å²) in [6, 6.07) is 11.2. The quantitative estimate of drug-likeness (QED) is 0.687. The van der Waals surface area contributed by atoms with Crippen LogP contribution in [0, 0.1) is 0 Å². The van der Waals surface area contributed by atoms with Gasteiger partial charge in [0.2, 0.25) is 0 Å². The monoisotopic (exact) mass is 376 g/mol. The molecule has 5 rings (SSSR count). The van der Waals surface area contributed by atoms with E-state index in [1.165, 1.54) is 6.42 Å². The number of ether oxygens (including phenoxy) is 1. The molecule has 144 valence electrons. The molecule has 2 aromatic rings. The van der Waals surface area contributed by atoms with Crippen LogP contribution in [-0.4, -0.2) is 51.0 Å². The Kier molecular flexibility index (Phi) is 4.40. The summed E-state index contributed by atoms with van der Waals surface area (Å²) in [7, 11) is 0. The summed E-state index contributed by atoms with van der Waals surface area (Å²) in [5.74, 6) is -0.0714. The first-order valence-electron chi connectivity index (χ1n) is 10.2. The van der Waals surface area contributed by atoms with Crippen molar-refractivity contribution in [1.82, 2.24) is 0 Å². The molecule has 0 atom stereocenters. The number of rotatable bonds is 2. The van der Waals surface area contributed by atoms with Crippen molar-refractivity contribution in [3.05, 3.63) is 58.7 Å². The van der Waals surface area contributed by atoms with Crippen molar-refractivity contribution in [3.63, 3.8) is 0 Å². The SMILES string of the molecule is O=C1c2ccccc2C(=O)c2c1cc(N1CCOCC1)cc2N1CCCCC1. The van der Waals surface area contributed by atoms with E-state index in [9.17, 15) is 9.59 Å². The highest BCUT2D eigenvalue weighted by molar-refractivity contribution is 6.30. The van der Waals surface area contributed by atoms with Gasteiger partial charge in [-0.25, -0.2) is 0 Å². The molecule has 0 N–H and O–H groups in total. The third kappa shape index (κ3) is 2.81. The zero-order chi connectivity index (χ0) is 19.1. The summed E-state index contributed by atoms with van der Waals surface area (Å²) in [6.07, 6.45) is 3.46. The lowest BCUT2D eigenvalue weighted by Crippen LogP contribution is -2.37. The van der Waals surface area contributed by atoms with E-state index >= 15 is 0 Å². The van der Waals surface area contributed by atoms with Crippen molar-refractivity contribution in [3.8, 4) is 0 Å². The summed E-state index contributed by atoms with van der Waals surface area (Å²) >= 11 is 0. The van der Waals surface area contributed by atoms with E-state index in [1.807, 2.05) is 18.2 Å². The van der Waals surface area contributed by atoms with E-state index in [0.717, 1.165) is 50.4 Å². The molecule has 0 radical (unpaired) electrons. The van der Waals surface area contributed by atoms with E-state index in [1.54, 1.807) is 12.1 Å². The van der Waals surface area contributed by atoms with Gasteiger partial charge in [-0.2, -0.15) is 0 Å². The number of morpholine rings is 1. The second-order valence-corrected chi connectivity index (χ2v) is 7.74. The van der Waals surface area contributed by atoms with E-state index in [4.69, 9.17) is 4.74 Å². The lowest BCUT2D eigenvalue weighted by molar-refractivity contribution is 0.0979. The third-order valence-electron chi connectivity index (χ3n) is 6.06. The minimum atomic E-state index is -0.0430. The zero-order valence-electron chi connectivity index (χ0n) is 15.9. The van der Waals surface area contributed by atoms with Crippen LogP contribution >= 0.6 is 0 Å². The number of ketones is 2. The second kappa shape index (κ2) is 7.06. The molecule has 2 fully saturated rings. The first kappa shape index (κ1) is 17.4. The van der Waals surface area contributed by atoms with Crippen molar-refractivity contribution in [2.75, 3.05) is 49.2 Å². The number of benzene rings is 2. The molecule has 1 aliphatic carbocycles. The maximum atomic E-state index is 13.4. The van der Waals surface area contributed by atoms with Crippen LogP contribution in [0.15, 0.2) is 36.4 Å². The molecule has 0 aromatic heterocycles. The van der Waals surface area contributed by atoms with Gasteiger partial charge in [-0.15, -0.1) is 0 Å². The zero-order valence-corrected chi connectivity index (χ0v) is 15.9. The molecule has 0 unspecified atom stereocenters. The molecule has 0 bridgehead atoms. The maximum absolute atomic E-state index is 13.4. The fourth-order valence-electron chi connectivity index (χ4n) is 4.58. The summed E-state index contributed by atoms with van der Waals surface area (Å²) in [4.78, 5) is 31.3. The molecule has 28 heavy (non-hydrogen) atoms. The van der Waals surface area contributed by atoms with Gasteiger partial charge in [-0.05, 0) is 31.4 Å². The Morgan fingerprint density at radius 2 is 1.39 bits per heavy atom. The smallest absolute Gasteiger partial charge is 0.196 e. The van der Waals surface area contributed by atoms with Gasteiger partial charge in [0.15, 0.2) is 11.6 Å². The Balaban J connectivity index is 1.68. The number of carbonyl (C=O) groups excluding carboxylic acids is 2. The lowest BCUT2D eigenvalue weighted by atomic mass is 9.82. The average molecular weight is 376 g/mol.